The number of halogens is 3. The van der Waals surface area contributed by atoms with Crippen molar-refractivity contribution in [1.82, 2.24) is 10.6 Å². The van der Waals surface area contributed by atoms with Crippen molar-refractivity contribution in [3.63, 3.8) is 0 Å². The largest absolute Gasteiger partial charge is 0.418 e. The van der Waals surface area contributed by atoms with Gasteiger partial charge in [0.05, 0.1) is 24.9 Å². The van der Waals surface area contributed by atoms with Gasteiger partial charge in [-0.2, -0.15) is 13.2 Å². The van der Waals surface area contributed by atoms with E-state index in [1.54, 1.807) is 0 Å². The second-order valence-electron chi connectivity index (χ2n) is 10.5. The molecule has 0 amide bonds. The summed E-state index contributed by atoms with van der Waals surface area (Å²) in [5, 5.41) is 6.57. The summed E-state index contributed by atoms with van der Waals surface area (Å²) in [6, 6.07) is 8.05. The molecule has 2 N–H and O–H groups in total. The first-order valence-corrected chi connectivity index (χ1v) is 12.3. The minimum Gasteiger partial charge on any atom is -0.371 e. The Kier molecular flexibility index (Phi) is 5.33. The van der Waals surface area contributed by atoms with Crippen LogP contribution in [0.5, 0.6) is 0 Å². The number of allylic oxidation sites excluding steroid dienone is 3. The number of alkyl halides is 3. The summed E-state index contributed by atoms with van der Waals surface area (Å²) in [7, 11) is 0. The van der Waals surface area contributed by atoms with Crippen LogP contribution in [0.3, 0.4) is 0 Å². The van der Waals surface area contributed by atoms with Crippen LogP contribution >= 0.6 is 0 Å². The summed E-state index contributed by atoms with van der Waals surface area (Å²) in [5.41, 5.74) is 1.42. The Balaban J connectivity index is 1.22. The molecule has 1 aromatic carbocycles. The van der Waals surface area contributed by atoms with Gasteiger partial charge >= 0.3 is 6.18 Å². The molecule has 0 aromatic heterocycles. The van der Waals surface area contributed by atoms with Crippen molar-refractivity contribution in [2.24, 2.45) is 0 Å². The van der Waals surface area contributed by atoms with Gasteiger partial charge in [0.1, 0.15) is 0 Å². The Bertz CT molecular complexity index is 1050. The number of rotatable bonds is 7. The van der Waals surface area contributed by atoms with Gasteiger partial charge in [-0.15, -0.1) is 0 Å². The summed E-state index contributed by atoms with van der Waals surface area (Å²) in [6.07, 6.45) is 8.24. The number of nitrogens with one attached hydrogen (secondary N) is 2. The Morgan fingerprint density at radius 1 is 1.06 bits per heavy atom. The van der Waals surface area contributed by atoms with E-state index in [0.717, 1.165) is 54.5 Å². The van der Waals surface area contributed by atoms with Crippen LogP contribution in [-0.2, 0) is 16.1 Å². The lowest BCUT2D eigenvalue weighted by atomic mass is 9.89. The highest BCUT2D eigenvalue weighted by molar-refractivity contribution is 5.79. The van der Waals surface area contributed by atoms with E-state index >= 15 is 0 Å². The normalized spacial score (nSPS) is 30.6. The molecule has 3 fully saturated rings. The third-order valence-electron chi connectivity index (χ3n) is 8.19. The number of ether oxygens (including phenoxy) is 2. The topological polar surface area (TPSA) is 42.5 Å². The van der Waals surface area contributed by atoms with Crippen LogP contribution in [0.15, 0.2) is 54.1 Å². The number of hydrogen-bond acceptors (Lipinski definition) is 4. The zero-order valence-corrected chi connectivity index (χ0v) is 19.2. The minimum atomic E-state index is -4.40. The molecule has 34 heavy (non-hydrogen) atoms. The van der Waals surface area contributed by atoms with Crippen molar-refractivity contribution in [1.29, 1.82) is 0 Å². The molecule has 6 rings (SSSR count). The molecule has 1 aromatic rings. The molecule has 2 unspecified atom stereocenters. The molecule has 2 saturated heterocycles. The SMILES string of the molecule is FC(F)(F)C1(OCC2=C(c3ccccc3COC3CCNC34C=C4)C=CCC2)CNC2(CC2)C1. The summed E-state index contributed by atoms with van der Waals surface area (Å²) in [4.78, 5) is 0. The second-order valence-corrected chi connectivity index (χ2v) is 10.5. The lowest BCUT2D eigenvalue weighted by Gasteiger charge is -2.32. The van der Waals surface area contributed by atoms with E-state index in [1.807, 2.05) is 30.3 Å². The monoisotopic (exact) mass is 472 g/mol. The van der Waals surface area contributed by atoms with Crippen molar-refractivity contribution in [3.05, 3.63) is 65.3 Å². The maximum atomic E-state index is 14.1. The Morgan fingerprint density at radius 2 is 1.88 bits per heavy atom. The molecule has 1 saturated carbocycles. The molecule has 2 heterocycles. The summed E-state index contributed by atoms with van der Waals surface area (Å²) < 4.78 is 54.5. The van der Waals surface area contributed by atoms with Gasteiger partial charge in [-0.1, -0.05) is 48.6 Å². The molecule has 2 spiro atoms. The van der Waals surface area contributed by atoms with Crippen molar-refractivity contribution in [2.75, 3.05) is 19.7 Å². The second kappa shape index (κ2) is 8.05. The predicted octanol–water partition coefficient (Wildman–Crippen LogP) is 4.82. The molecule has 4 nitrogen and oxygen atoms in total. The van der Waals surface area contributed by atoms with Crippen LogP contribution in [0.2, 0.25) is 0 Å². The molecule has 0 radical (unpaired) electrons. The van der Waals surface area contributed by atoms with Crippen LogP contribution < -0.4 is 10.6 Å². The van der Waals surface area contributed by atoms with Crippen molar-refractivity contribution in [3.8, 4) is 0 Å². The van der Waals surface area contributed by atoms with E-state index in [2.05, 4.69) is 28.9 Å². The molecule has 3 aliphatic carbocycles. The first-order chi connectivity index (χ1) is 16.3. The van der Waals surface area contributed by atoms with Crippen LogP contribution in [-0.4, -0.2) is 48.7 Å². The fraction of sp³-hybridized carbons (Fsp3) is 0.556. The van der Waals surface area contributed by atoms with E-state index < -0.39 is 11.8 Å². The Morgan fingerprint density at radius 3 is 2.62 bits per heavy atom. The summed E-state index contributed by atoms with van der Waals surface area (Å²) in [5.74, 6) is 0. The average Bonchev–Trinajstić information content (AvgIpc) is 3.68. The Hall–Kier alpha value is -1.93. The third-order valence-corrected chi connectivity index (χ3v) is 8.19. The predicted molar refractivity (Wildman–Crippen MR) is 124 cm³/mol. The molecule has 2 aliphatic heterocycles. The van der Waals surface area contributed by atoms with Gasteiger partial charge in [0.25, 0.3) is 0 Å². The maximum absolute atomic E-state index is 14.1. The van der Waals surface area contributed by atoms with Crippen LogP contribution in [0, 0.1) is 0 Å². The van der Waals surface area contributed by atoms with Gasteiger partial charge in [-0.05, 0) is 60.9 Å². The highest BCUT2D eigenvalue weighted by atomic mass is 19.4. The third kappa shape index (κ3) is 3.96. The van der Waals surface area contributed by atoms with E-state index in [4.69, 9.17) is 9.47 Å². The minimum absolute atomic E-state index is 0.00822. The maximum Gasteiger partial charge on any atom is 0.418 e. The van der Waals surface area contributed by atoms with Gasteiger partial charge in [-0.25, -0.2) is 0 Å². The van der Waals surface area contributed by atoms with Crippen molar-refractivity contribution >= 4 is 5.57 Å². The van der Waals surface area contributed by atoms with Gasteiger partial charge in [0, 0.05) is 18.5 Å². The molecule has 7 heteroatoms. The van der Waals surface area contributed by atoms with E-state index in [0.29, 0.717) is 13.0 Å². The lowest BCUT2D eigenvalue weighted by Crippen LogP contribution is -2.49. The number of hydrogen-bond donors (Lipinski definition) is 2. The molecule has 0 bridgehead atoms. The van der Waals surface area contributed by atoms with Gasteiger partial charge < -0.3 is 20.1 Å². The lowest BCUT2D eigenvalue weighted by molar-refractivity contribution is -0.268. The van der Waals surface area contributed by atoms with Gasteiger partial charge in [0.15, 0.2) is 5.60 Å². The van der Waals surface area contributed by atoms with E-state index in [9.17, 15) is 13.2 Å². The van der Waals surface area contributed by atoms with Crippen LogP contribution in [0.4, 0.5) is 13.2 Å². The zero-order chi connectivity index (χ0) is 23.4. The van der Waals surface area contributed by atoms with Crippen LogP contribution in [0.25, 0.3) is 5.57 Å². The molecule has 2 atom stereocenters. The van der Waals surface area contributed by atoms with E-state index in [-0.39, 0.29) is 36.8 Å². The highest BCUT2D eigenvalue weighted by Gasteiger charge is 2.66. The first kappa shape index (κ1) is 22.5. The molecule has 182 valence electrons. The van der Waals surface area contributed by atoms with Gasteiger partial charge in [-0.3, -0.25) is 0 Å². The smallest absolute Gasteiger partial charge is 0.371 e. The fourth-order valence-electron chi connectivity index (χ4n) is 5.77. The van der Waals surface area contributed by atoms with Gasteiger partial charge in [0.2, 0.25) is 0 Å². The van der Waals surface area contributed by atoms with Crippen molar-refractivity contribution < 1.29 is 22.6 Å². The quantitative estimate of drug-likeness (QED) is 0.559. The average molecular weight is 473 g/mol. The summed E-state index contributed by atoms with van der Waals surface area (Å²) >= 11 is 0. The zero-order valence-electron chi connectivity index (χ0n) is 19.2. The highest BCUT2D eigenvalue weighted by Crippen LogP contribution is 2.53. The standard InChI is InChI=1S/C27H31F3N2O2/c28-27(29,30)26(17-24(10-11-24)32-18-26)34-16-20-6-2-4-8-22(20)21-7-3-1-5-19(21)15-33-23-9-14-31-25(23)12-13-25/h1,3-5,7-8,12-13,23,31-32H,2,6,9-11,14-18H2. The molecular weight excluding hydrogens is 441 g/mol. The fourth-order valence-corrected chi connectivity index (χ4v) is 5.77. The molecular formula is C27H31F3N2O2. The first-order valence-electron chi connectivity index (χ1n) is 12.3. The van der Waals surface area contributed by atoms with Crippen molar-refractivity contribution in [2.45, 2.75) is 74.1 Å². The van der Waals surface area contributed by atoms with Crippen LogP contribution in [0.1, 0.15) is 49.7 Å². The van der Waals surface area contributed by atoms with E-state index in [1.165, 1.54) is 0 Å². The number of benzene rings is 1. The molecule has 5 aliphatic rings. The Labute approximate surface area is 198 Å². The summed E-state index contributed by atoms with van der Waals surface area (Å²) in [6.45, 7) is 1.23.